The molecule has 0 bridgehead atoms. The molecule has 2 aliphatic heterocycles. The first-order chi connectivity index (χ1) is 5.27. The van der Waals surface area contributed by atoms with Gasteiger partial charge in [0, 0.05) is 18.4 Å². The van der Waals surface area contributed by atoms with Gasteiger partial charge in [-0.25, -0.2) is 9.79 Å². The van der Waals surface area contributed by atoms with Crippen LogP contribution in [0.1, 0.15) is 0 Å². The molecule has 0 aromatic heterocycles. The largest absolute Gasteiger partial charge is 0.422 e. The Kier molecular flexibility index (Phi) is 1.03. The molecule has 54 valence electrons. The standard InChI is InChI=1S/C7H3NO3/c9-6-3-4-5(11-6)1-2-8-7(4)10/h1-3H. The zero-order valence-corrected chi connectivity index (χ0v) is 5.40. The van der Waals surface area contributed by atoms with Crippen molar-refractivity contribution >= 4 is 18.1 Å². The molecule has 0 saturated carbocycles. The van der Waals surface area contributed by atoms with E-state index in [1.54, 1.807) is 0 Å². The fraction of sp³-hybridized carbons (Fsp3) is 0. The van der Waals surface area contributed by atoms with Crippen molar-refractivity contribution < 1.29 is 14.3 Å². The van der Waals surface area contributed by atoms with Crippen LogP contribution in [0.5, 0.6) is 0 Å². The first-order valence-electron chi connectivity index (χ1n) is 3.00. The van der Waals surface area contributed by atoms with Crippen LogP contribution >= 0.6 is 0 Å². The lowest BCUT2D eigenvalue weighted by Crippen LogP contribution is -2.04. The Labute approximate surface area is 61.9 Å². The van der Waals surface area contributed by atoms with E-state index in [2.05, 4.69) is 9.73 Å². The summed E-state index contributed by atoms with van der Waals surface area (Å²) >= 11 is 0. The summed E-state index contributed by atoms with van der Waals surface area (Å²) < 4.78 is 4.65. The molecule has 2 aliphatic rings. The number of carbonyl (C=O) groups excluding carboxylic acids is 2. The van der Waals surface area contributed by atoms with Crippen molar-refractivity contribution in [3.8, 4) is 0 Å². The third-order valence-corrected chi connectivity index (χ3v) is 1.39. The summed E-state index contributed by atoms with van der Waals surface area (Å²) in [6.45, 7) is 0. The quantitative estimate of drug-likeness (QED) is 0.454. The van der Waals surface area contributed by atoms with Crippen molar-refractivity contribution in [2.24, 2.45) is 4.99 Å². The van der Waals surface area contributed by atoms with E-state index in [0.29, 0.717) is 5.76 Å². The molecule has 4 nitrogen and oxygen atoms in total. The van der Waals surface area contributed by atoms with Gasteiger partial charge in [0.2, 0.25) is 0 Å². The van der Waals surface area contributed by atoms with Crippen molar-refractivity contribution in [1.82, 2.24) is 0 Å². The number of nitrogens with zero attached hydrogens (tertiary/aromatic N) is 1. The minimum Gasteiger partial charge on any atom is -0.422 e. The molecule has 0 aromatic rings. The number of ether oxygens (including phenoxy) is 1. The molecule has 0 saturated heterocycles. The number of rotatable bonds is 0. The molecule has 0 radical (unpaired) electrons. The van der Waals surface area contributed by atoms with E-state index in [9.17, 15) is 9.59 Å². The summed E-state index contributed by atoms with van der Waals surface area (Å²) in [5.74, 6) is -0.631. The van der Waals surface area contributed by atoms with Gasteiger partial charge in [0.25, 0.3) is 5.91 Å². The van der Waals surface area contributed by atoms with Gasteiger partial charge in [-0.05, 0) is 0 Å². The van der Waals surface area contributed by atoms with E-state index in [4.69, 9.17) is 0 Å². The number of hydrogen-bond donors (Lipinski definition) is 0. The van der Waals surface area contributed by atoms with Crippen molar-refractivity contribution in [3.63, 3.8) is 0 Å². The van der Waals surface area contributed by atoms with Gasteiger partial charge in [-0.3, -0.25) is 4.79 Å². The summed E-state index contributed by atoms with van der Waals surface area (Å²) in [4.78, 5) is 25.0. The predicted molar refractivity (Wildman–Crippen MR) is 35.8 cm³/mol. The highest BCUT2D eigenvalue weighted by atomic mass is 16.5. The summed E-state index contributed by atoms with van der Waals surface area (Å²) in [5, 5.41) is 0. The molecule has 0 unspecified atom stereocenters. The molecule has 0 atom stereocenters. The topological polar surface area (TPSA) is 55.7 Å². The molecule has 2 heterocycles. The fourth-order valence-corrected chi connectivity index (χ4v) is 0.915. The number of esters is 1. The van der Waals surface area contributed by atoms with Crippen LogP contribution in [0, 0.1) is 0 Å². The molecule has 0 fully saturated rings. The van der Waals surface area contributed by atoms with Gasteiger partial charge in [0.15, 0.2) is 0 Å². The second-order valence-electron chi connectivity index (χ2n) is 2.09. The highest BCUT2D eigenvalue weighted by molar-refractivity contribution is 6.12. The average molecular weight is 149 g/mol. The molecular weight excluding hydrogens is 146 g/mol. The van der Waals surface area contributed by atoms with Crippen LogP contribution in [-0.2, 0) is 14.3 Å². The Balaban J connectivity index is 2.52. The monoisotopic (exact) mass is 149 g/mol. The number of fused-ring (bicyclic) bond motifs is 1. The van der Waals surface area contributed by atoms with E-state index >= 15 is 0 Å². The predicted octanol–water partition coefficient (Wildman–Crippen LogP) is -0.0355. The Morgan fingerprint density at radius 2 is 2.18 bits per heavy atom. The van der Waals surface area contributed by atoms with Gasteiger partial charge in [-0.2, -0.15) is 0 Å². The van der Waals surface area contributed by atoms with Crippen LogP contribution in [0.2, 0.25) is 0 Å². The second kappa shape index (κ2) is 1.88. The number of carbonyl (C=O) groups is 2. The van der Waals surface area contributed by atoms with Gasteiger partial charge in [-0.1, -0.05) is 0 Å². The zero-order valence-electron chi connectivity index (χ0n) is 5.40. The smallest absolute Gasteiger partial charge is 0.337 e. The Morgan fingerprint density at radius 1 is 1.36 bits per heavy atom. The van der Waals surface area contributed by atoms with E-state index in [0.717, 1.165) is 6.08 Å². The number of allylic oxidation sites excluding steroid dienone is 1. The molecule has 2 rings (SSSR count). The molecule has 0 aliphatic carbocycles. The summed E-state index contributed by atoms with van der Waals surface area (Å²) in [6.07, 6.45) is 3.94. The first kappa shape index (κ1) is 6.03. The maximum absolute atomic E-state index is 10.9. The average Bonchev–Trinajstić information content (AvgIpc) is 2.31. The third-order valence-electron chi connectivity index (χ3n) is 1.39. The maximum atomic E-state index is 10.9. The van der Waals surface area contributed by atoms with Crippen LogP contribution in [0.4, 0.5) is 0 Å². The van der Waals surface area contributed by atoms with Crippen molar-refractivity contribution in [1.29, 1.82) is 0 Å². The lowest BCUT2D eigenvalue weighted by molar-refractivity contribution is -0.132. The molecule has 4 heteroatoms. The highest BCUT2D eigenvalue weighted by Crippen LogP contribution is 2.22. The van der Waals surface area contributed by atoms with E-state index in [1.165, 1.54) is 12.3 Å². The van der Waals surface area contributed by atoms with Crippen molar-refractivity contribution in [2.45, 2.75) is 0 Å². The molecule has 0 aromatic carbocycles. The zero-order chi connectivity index (χ0) is 7.84. The molecule has 0 N–H and O–H groups in total. The van der Waals surface area contributed by atoms with Gasteiger partial charge >= 0.3 is 5.97 Å². The Hall–Kier alpha value is -1.71. The molecule has 1 amide bonds. The normalized spacial score (nSPS) is 20.7. The van der Waals surface area contributed by atoms with E-state index in [-0.39, 0.29) is 5.57 Å². The SMILES string of the molecule is O=C1C=C2C(=O)N=CC=C2O1. The van der Waals surface area contributed by atoms with Crippen LogP contribution in [0.25, 0.3) is 0 Å². The number of aliphatic imine (C=N–C) groups is 1. The number of dihydropyridines is 1. The van der Waals surface area contributed by atoms with Crippen molar-refractivity contribution in [2.75, 3.05) is 0 Å². The van der Waals surface area contributed by atoms with Gasteiger partial charge < -0.3 is 4.74 Å². The van der Waals surface area contributed by atoms with E-state index in [1.807, 2.05) is 0 Å². The van der Waals surface area contributed by atoms with E-state index < -0.39 is 11.9 Å². The first-order valence-corrected chi connectivity index (χ1v) is 3.00. The number of amides is 1. The van der Waals surface area contributed by atoms with Crippen LogP contribution in [-0.4, -0.2) is 18.1 Å². The highest BCUT2D eigenvalue weighted by Gasteiger charge is 2.26. The van der Waals surface area contributed by atoms with Crippen LogP contribution in [0.15, 0.2) is 28.5 Å². The van der Waals surface area contributed by atoms with Crippen LogP contribution < -0.4 is 0 Å². The summed E-state index contributed by atoms with van der Waals surface area (Å²) in [7, 11) is 0. The van der Waals surface area contributed by atoms with Gasteiger partial charge in [-0.15, -0.1) is 0 Å². The van der Waals surface area contributed by atoms with Crippen LogP contribution in [0.3, 0.4) is 0 Å². The molecule has 0 spiro atoms. The number of hydrogen-bond acceptors (Lipinski definition) is 3. The summed E-state index contributed by atoms with van der Waals surface area (Å²) in [5.41, 5.74) is 0.248. The molecule has 11 heavy (non-hydrogen) atoms. The van der Waals surface area contributed by atoms with Gasteiger partial charge in [0.05, 0.1) is 5.57 Å². The minimum absolute atomic E-state index is 0.248. The lowest BCUT2D eigenvalue weighted by Gasteiger charge is -2.01. The maximum Gasteiger partial charge on any atom is 0.337 e. The summed E-state index contributed by atoms with van der Waals surface area (Å²) in [6, 6.07) is 0. The Morgan fingerprint density at radius 3 is 2.91 bits per heavy atom. The second-order valence-corrected chi connectivity index (χ2v) is 2.09. The minimum atomic E-state index is -0.509. The molecular formula is C7H3NO3. The van der Waals surface area contributed by atoms with Gasteiger partial charge in [0.1, 0.15) is 5.76 Å². The lowest BCUT2D eigenvalue weighted by atomic mass is 10.2. The third kappa shape index (κ3) is 0.797. The van der Waals surface area contributed by atoms with Crippen molar-refractivity contribution in [3.05, 3.63) is 23.5 Å². The Bertz CT molecular complexity index is 336. The fourth-order valence-electron chi connectivity index (χ4n) is 0.915.